The Hall–Kier alpha value is -1.04. The van der Waals surface area contributed by atoms with Gasteiger partial charge in [0.1, 0.15) is 0 Å². The van der Waals surface area contributed by atoms with E-state index in [-0.39, 0.29) is 0 Å². The van der Waals surface area contributed by atoms with Gasteiger partial charge in [0, 0.05) is 0 Å². The molecule has 1 aromatic rings. The summed E-state index contributed by atoms with van der Waals surface area (Å²) in [5.41, 5.74) is 2.97. The highest BCUT2D eigenvalue weighted by Crippen LogP contribution is 2.44. The monoisotopic (exact) mass is 310 g/mol. The summed E-state index contributed by atoms with van der Waals surface area (Å²) in [6, 6.07) is 9.30. The van der Waals surface area contributed by atoms with Crippen LogP contribution in [0.4, 0.5) is 0 Å². The molecule has 2 aliphatic carbocycles. The Kier molecular flexibility index (Phi) is 5.97. The summed E-state index contributed by atoms with van der Waals surface area (Å²) in [5.74, 6) is 3.88. The SMILES string of the molecule is C=CCC[C@H]1CC[C@H]([C@H]2CC[C@H](c3ccc(C)cc3)CC2)CC1. The van der Waals surface area contributed by atoms with Crippen molar-refractivity contribution in [3.8, 4) is 0 Å². The number of benzene rings is 1. The second-order valence-corrected chi connectivity index (χ2v) is 8.17. The van der Waals surface area contributed by atoms with Gasteiger partial charge in [0.2, 0.25) is 0 Å². The van der Waals surface area contributed by atoms with Crippen molar-refractivity contribution in [2.45, 2.75) is 77.0 Å². The predicted octanol–water partition coefficient (Wildman–Crippen LogP) is 7.04. The molecule has 23 heavy (non-hydrogen) atoms. The lowest BCUT2D eigenvalue weighted by molar-refractivity contribution is 0.157. The van der Waals surface area contributed by atoms with E-state index in [1.165, 1.54) is 69.8 Å². The zero-order chi connectivity index (χ0) is 16.1. The lowest BCUT2D eigenvalue weighted by atomic mass is 9.68. The molecule has 0 spiro atoms. The van der Waals surface area contributed by atoms with Crippen LogP contribution in [0.1, 0.15) is 81.3 Å². The Morgan fingerprint density at radius 3 is 2.00 bits per heavy atom. The minimum absolute atomic E-state index is 0.829. The van der Waals surface area contributed by atoms with Crippen molar-refractivity contribution in [3.63, 3.8) is 0 Å². The normalized spacial score (nSPS) is 31.7. The van der Waals surface area contributed by atoms with Crippen molar-refractivity contribution in [2.24, 2.45) is 17.8 Å². The number of aryl methyl sites for hydroxylation is 1. The standard InChI is InChI=1S/C23H34/c1-3-4-5-19-8-12-21(13-9-19)23-16-14-22(15-17-23)20-10-6-18(2)7-11-20/h3,6-7,10-11,19,21-23H,1,4-5,8-9,12-17H2,2H3/t19-,21-,22-,23-. The largest absolute Gasteiger partial charge is 0.103 e. The zero-order valence-electron chi connectivity index (χ0n) is 15.0. The third-order valence-electron chi connectivity index (χ3n) is 6.66. The number of rotatable bonds is 5. The zero-order valence-corrected chi connectivity index (χ0v) is 15.0. The molecular formula is C23H34. The van der Waals surface area contributed by atoms with Crippen molar-refractivity contribution in [3.05, 3.63) is 48.0 Å². The molecule has 0 aromatic heterocycles. The van der Waals surface area contributed by atoms with Crippen LogP contribution >= 0.6 is 0 Å². The minimum atomic E-state index is 0.829. The maximum atomic E-state index is 3.87. The third-order valence-corrected chi connectivity index (χ3v) is 6.66. The molecule has 2 aliphatic rings. The van der Waals surface area contributed by atoms with E-state index in [9.17, 15) is 0 Å². The minimum Gasteiger partial charge on any atom is -0.103 e. The van der Waals surface area contributed by atoms with Crippen LogP contribution in [0.2, 0.25) is 0 Å². The van der Waals surface area contributed by atoms with E-state index in [2.05, 4.69) is 43.8 Å². The maximum absolute atomic E-state index is 3.87. The number of hydrogen-bond acceptors (Lipinski definition) is 0. The summed E-state index contributed by atoms with van der Waals surface area (Å²) < 4.78 is 0. The molecule has 126 valence electrons. The first-order chi connectivity index (χ1) is 11.3. The molecule has 0 bridgehead atoms. The Balaban J connectivity index is 1.44. The number of allylic oxidation sites excluding steroid dienone is 1. The van der Waals surface area contributed by atoms with E-state index in [4.69, 9.17) is 0 Å². The summed E-state index contributed by atoms with van der Waals surface area (Å²) in [6.45, 7) is 6.06. The molecule has 2 fully saturated rings. The average molecular weight is 311 g/mol. The van der Waals surface area contributed by atoms with E-state index >= 15 is 0 Å². The summed E-state index contributed by atoms with van der Waals surface area (Å²) in [6.07, 6.45) is 16.5. The lowest BCUT2D eigenvalue weighted by Gasteiger charge is -2.38. The van der Waals surface area contributed by atoms with Gasteiger partial charge in [-0.25, -0.2) is 0 Å². The molecule has 0 heteroatoms. The van der Waals surface area contributed by atoms with Gasteiger partial charge in [0.15, 0.2) is 0 Å². The van der Waals surface area contributed by atoms with Crippen LogP contribution in [-0.2, 0) is 0 Å². The van der Waals surface area contributed by atoms with Crippen molar-refractivity contribution in [2.75, 3.05) is 0 Å². The second-order valence-electron chi connectivity index (χ2n) is 8.17. The molecule has 0 unspecified atom stereocenters. The van der Waals surface area contributed by atoms with Crippen molar-refractivity contribution >= 4 is 0 Å². The molecule has 0 radical (unpaired) electrons. The average Bonchev–Trinajstić information content (AvgIpc) is 2.61. The molecule has 2 saturated carbocycles. The number of hydrogen-bond donors (Lipinski definition) is 0. The van der Waals surface area contributed by atoms with E-state index in [1.807, 2.05) is 0 Å². The maximum Gasteiger partial charge on any atom is -0.0162 e. The fourth-order valence-corrected chi connectivity index (χ4v) is 5.06. The van der Waals surface area contributed by atoms with Crippen LogP contribution in [-0.4, -0.2) is 0 Å². The van der Waals surface area contributed by atoms with Crippen molar-refractivity contribution < 1.29 is 0 Å². The topological polar surface area (TPSA) is 0 Å². The van der Waals surface area contributed by atoms with Crippen LogP contribution in [0.5, 0.6) is 0 Å². The molecular weight excluding hydrogens is 276 g/mol. The third kappa shape index (κ3) is 4.49. The van der Waals surface area contributed by atoms with Gasteiger partial charge in [-0.05, 0) is 87.5 Å². The van der Waals surface area contributed by atoms with Gasteiger partial charge in [-0.15, -0.1) is 6.58 Å². The van der Waals surface area contributed by atoms with Crippen LogP contribution in [0, 0.1) is 24.7 Å². The Bertz CT molecular complexity index is 467. The summed E-state index contributed by atoms with van der Waals surface area (Å²) in [5, 5.41) is 0. The molecule has 0 aliphatic heterocycles. The van der Waals surface area contributed by atoms with Gasteiger partial charge in [-0.3, -0.25) is 0 Å². The van der Waals surface area contributed by atoms with E-state index in [1.54, 1.807) is 5.56 Å². The van der Waals surface area contributed by atoms with Gasteiger partial charge >= 0.3 is 0 Å². The Morgan fingerprint density at radius 2 is 1.43 bits per heavy atom. The van der Waals surface area contributed by atoms with Crippen LogP contribution in [0.3, 0.4) is 0 Å². The highest BCUT2D eigenvalue weighted by molar-refractivity contribution is 5.24. The predicted molar refractivity (Wildman–Crippen MR) is 101 cm³/mol. The summed E-state index contributed by atoms with van der Waals surface area (Å²) in [4.78, 5) is 0. The van der Waals surface area contributed by atoms with E-state index in [0.29, 0.717) is 0 Å². The first kappa shape index (κ1) is 16.8. The molecule has 0 nitrogen and oxygen atoms in total. The first-order valence-corrected chi connectivity index (χ1v) is 9.93. The molecule has 3 rings (SSSR count). The van der Waals surface area contributed by atoms with Crippen molar-refractivity contribution in [1.29, 1.82) is 0 Å². The molecule has 0 atom stereocenters. The Morgan fingerprint density at radius 1 is 0.870 bits per heavy atom. The summed E-state index contributed by atoms with van der Waals surface area (Å²) >= 11 is 0. The van der Waals surface area contributed by atoms with Gasteiger partial charge < -0.3 is 0 Å². The van der Waals surface area contributed by atoms with E-state index < -0.39 is 0 Å². The molecule has 0 amide bonds. The summed E-state index contributed by atoms with van der Waals surface area (Å²) in [7, 11) is 0. The fraction of sp³-hybridized carbons (Fsp3) is 0.652. The van der Waals surface area contributed by atoms with Crippen LogP contribution in [0.25, 0.3) is 0 Å². The second kappa shape index (κ2) is 8.18. The molecule has 1 aromatic carbocycles. The Labute approximate surface area is 143 Å². The van der Waals surface area contributed by atoms with Gasteiger partial charge in [0.05, 0.1) is 0 Å². The van der Waals surface area contributed by atoms with E-state index in [0.717, 1.165) is 23.7 Å². The van der Waals surface area contributed by atoms with Gasteiger partial charge in [0.25, 0.3) is 0 Å². The van der Waals surface area contributed by atoms with Crippen molar-refractivity contribution in [1.82, 2.24) is 0 Å². The highest BCUT2D eigenvalue weighted by Gasteiger charge is 2.30. The fourth-order valence-electron chi connectivity index (χ4n) is 5.06. The van der Waals surface area contributed by atoms with Crippen LogP contribution < -0.4 is 0 Å². The van der Waals surface area contributed by atoms with Gasteiger partial charge in [-0.2, -0.15) is 0 Å². The molecule has 0 saturated heterocycles. The lowest BCUT2D eigenvalue weighted by Crippen LogP contribution is -2.25. The van der Waals surface area contributed by atoms with Gasteiger partial charge in [-0.1, -0.05) is 48.7 Å². The smallest absolute Gasteiger partial charge is 0.0162 e. The molecule has 0 heterocycles. The van der Waals surface area contributed by atoms with Crippen LogP contribution in [0.15, 0.2) is 36.9 Å². The quantitative estimate of drug-likeness (QED) is 0.511. The molecule has 0 N–H and O–H groups in total. The highest BCUT2D eigenvalue weighted by atomic mass is 14.4. The first-order valence-electron chi connectivity index (χ1n) is 9.93.